The molecule has 2 atom stereocenters. The van der Waals surface area contributed by atoms with Crippen LogP contribution >= 0.6 is 0 Å². The second-order valence-electron chi connectivity index (χ2n) is 4.68. The Labute approximate surface area is 96.8 Å². The molecule has 0 bridgehead atoms. The van der Waals surface area contributed by atoms with Gasteiger partial charge in [0, 0.05) is 19.0 Å². The molecule has 0 spiro atoms. The van der Waals surface area contributed by atoms with Crippen LogP contribution in [-0.2, 0) is 6.42 Å². The van der Waals surface area contributed by atoms with Crippen molar-refractivity contribution in [1.82, 2.24) is 15.5 Å². The van der Waals surface area contributed by atoms with E-state index >= 15 is 0 Å². The van der Waals surface area contributed by atoms with E-state index in [0.717, 1.165) is 24.8 Å². The number of aromatic nitrogens is 2. The molecule has 4 nitrogen and oxygen atoms in total. The molecule has 2 unspecified atom stereocenters. The lowest BCUT2D eigenvalue weighted by Gasteiger charge is -2.29. The van der Waals surface area contributed by atoms with Gasteiger partial charge in [-0.2, -0.15) is 4.98 Å². The van der Waals surface area contributed by atoms with Gasteiger partial charge in [0.1, 0.15) is 0 Å². The van der Waals surface area contributed by atoms with Gasteiger partial charge in [-0.25, -0.2) is 0 Å². The molecule has 1 saturated carbocycles. The first kappa shape index (κ1) is 11.6. The average molecular weight is 223 g/mol. The van der Waals surface area contributed by atoms with Crippen LogP contribution in [0.5, 0.6) is 0 Å². The maximum absolute atomic E-state index is 4.96. The van der Waals surface area contributed by atoms with Gasteiger partial charge in [0.25, 0.3) is 0 Å². The summed E-state index contributed by atoms with van der Waals surface area (Å²) in [7, 11) is 0. The van der Waals surface area contributed by atoms with E-state index in [2.05, 4.69) is 22.4 Å². The minimum atomic E-state index is 0.696. The molecule has 1 aliphatic carbocycles. The topological polar surface area (TPSA) is 51.0 Å². The van der Waals surface area contributed by atoms with E-state index in [1.807, 2.05) is 0 Å². The van der Waals surface area contributed by atoms with Crippen molar-refractivity contribution in [2.45, 2.75) is 51.5 Å². The van der Waals surface area contributed by atoms with E-state index in [0.29, 0.717) is 6.04 Å². The highest BCUT2D eigenvalue weighted by molar-refractivity contribution is 4.80. The third-order valence-electron chi connectivity index (χ3n) is 3.54. The number of nitrogens with zero attached hydrogens (tertiary/aromatic N) is 2. The molecule has 1 aromatic rings. The molecule has 1 N–H and O–H groups in total. The van der Waals surface area contributed by atoms with Crippen molar-refractivity contribution >= 4 is 0 Å². The summed E-state index contributed by atoms with van der Waals surface area (Å²) in [6.45, 7) is 3.24. The van der Waals surface area contributed by atoms with Crippen LogP contribution in [0.3, 0.4) is 0 Å². The van der Waals surface area contributed by atoms with Crippen molar-refractivity contribution in [3.63, 3.8) is 0 Å². The summed E-state index contributed by atoms with van der Waals surface area (Å²) in [5.74, 6) is 1.66. The summed E-state index contributed by atoms with van der Waals surface area (Å²) in [6.07, 6.45) is 9.06. The zero-order valence-electron chi connectivity index (χ0n) is 9.98. The molecule has 1 aromatic heterocycles. The fraction of sp³-hybridized carbons (Fsp3) is 0.833. The highest BCUT2D eigenvalue weighted by Crippen LogP contribution is 2.26. The number of rotatable bonds is 5. The Bertz CT molecular complexity index is 286. The first-order chi connectivity index (χ1) is 7.88. The summed E-state index contributed by atoms with van der Waals surface area (Å²) in [6, 6.07) is 0.696. The van der Waals surface area contributed by atoms with Crippen LogP contribution in [0.25, 0.3) is 0 Å². The Balaban J connectivity index is 1.65. The fourth-order valence-electron chi connectivity index (χ4n) is 2.54. The molecule has 90 valence electrons. The molecular weight excluding hydrogens is 202 g/mol. The van der Waals surface area contributed by atoms with Gasteiger partial charge in [-0.1, -0.05) is 31.3 Å². The zero-order chi connectivity index (χ0) is 11.2. The molecular formula is C12H21N3O. The Kier molecular flexibility index (Phi) is 4.34. The Morgan fingerprint density at radius 1 is 1.50 bits per heavy atom. The van der Waals surface area contributed by atoms with Crippen LogP contribution in [0.4, 0.5) is 0 Å². The van der Waals surface area contributed by atoms with Crippen LogP contribution in [0, 0.1) is 5.92 Å². The second kappa shape index (κ2) is 5.99. The van der Waals surface area contributed by atoms with Crippen molar-refractivity contribution < 1.29 is 4.52 Å². The number of hydrogen-bond acceptors (Lipinski definition) is 4. The second-order valence-corrected chi connectivity index (χ2v) is 4.68. The minimum Gasteiger partial charge on any atom is -0.340 e. The largest absolute Gasteiger partial charge is 0.340 e. The van der Waals surface area contributed by atoms with E-state index in [-0.39, 0.29) is 0 Å². The predicted octanol–water partition coefficient (Wildman–Crippen LogP) is 2.17. The van der Waals surface area contributed by atoms with Crippen molar-refractivity contribution in [3.05, 3.63) is 12.2 Å². The van der Waals surface area contributed by atoms with E-state index in [9.17, 15) is 0 Å². The monoisotopic (exact) mass is 223 g/mol. The summed E-state index contributed by atoms with van der Waals surface area (Å²) < 4.78 is 4.96. The molecule has 0 aromatic carbocycles. The number of hydrogen-bond donors (Lipinski definition) is 1. The fourth-order valence-corrected chi connectivity index (χ4v) is 2.54. The van der Waals surface area contributed by atoms with Crippen LogP contribution in [0.1, 0.15) is 44.9 Å². The smallest absolute Gasteiger partial charge is 0.227 e. The highest BCUT2D eigenvalue weighted by Gasteiger charge is 2.19. The van der Waals surface area contributed by atoms with E-state index in [1.165, 1.54) is 38.4 Å². The van der Waals surface area contributed by atoms with Crippen LogP contribution in [-0.4, -0.2) is 22.7 Å². The maximum Gasteiger partial charge on any atom is 0.227 e. The molecule has 1 heterocycles. The van der Waals surface area contributed by atoms with Gasteiger partial charge in [0.05, 0.1) is 0 Å². The summed E-state index contributed by atoms with van der Waals surface area (Å²) in [5, 5.41) is 7.20. The SMILES string of the molecule is CCC1CCCC(NCCc2ncno2)C1. The zero-order valence-corrected chi connectivity index (χ0v) is 9.98. The maximum atomic E-state index is 4.96. The van der Waals surface area contributed by atoms with Gasteiger partial charge in [0.15, 0.2) is 6.33 Å². The predicted molar refractivity (Wildman–Crippen MR) is 62.0 cm³/mol. The van der Waals surface area contributed by atoms with Crippen LogP contribution < -0.4 is 5.32 Å². The first-order valence-electron chi connectivity index (χ1n) is 6.37. The molecule has 0 amide bonds. The lowest BCUT2D eigenvalue weighted by molar-refractivity contribution is 0.277. The van der Waals surface area contributed by atoms with Crippen LogP contribution in [0.15, 0.2) is 10.9 Å². The molecule has 2 rings (SSSR count). The van der Waals surface area contributed by atoms with Crippen LogP contribution in [0.2, 0.25) is 0 Å². The normalized spacial score (nSPS) is 25.8. The summed E-state index contributed by atoms with van der Waals surface area (Å²) in [5.41, 5.74) is 0. The molecule has 0 aliphatic heterocycles. The lowest BCUT2D eigenvalue weighted by atomic mass is 9.84. The first-order valence-corrected chi connectivity index (χ1v) is 6.37. The molecule has 16 heavy (non-hydrogen) atoms. The third-order valence-corrected chi connectivity index (χ3v) is 3.54. The Hall–Kier alpha value is -0.900. The standard InChI is InChI=1S/C12H21N3O/c1-2-10-4-3-5-11(8-10)13-7-6-12-14-9-15-16-12/h9-11,13H,2-8H2,1H3. The van der Waals surface area contributed by atoms with Crippen molar-refractivity contribution in [3.8, 4) is 0 Å². The Morgan fingerprint density at radius 2 is 2.44 bits per heavy atom. The Morgan fingerprint density at radius 3 is 3.19 bits per heavy atom. The summed E-state index contributed by atoms with van der Waals surface area (Å²) in [4.78, 5) is 4.01. The molecule has 1 aliphatic rings. The quantitative estimate of drug-likeness (QED) is 0.831. The molecule has 0 radical (unpaired) electrons. The van der Waals surface area contributed by atoms with Gasteiger partial charge in [-0.05, 0) is 18.8 Å². The molecule has 0 saturated heterocycles. The van der Waals surface area contributed by atoms with Crippen molar-refractivity contribution in [2.75, 3.05) is 6.54 Å². The van der Waals surface area contributed by atoms with Gasteiger partial charge in [0.2, 0.25) is 5.89 Å². The van der Waals surface area contributed by atoms with Gasteiger partial charge in [-0.15, -0.1) is 0 Å². The lowest BCUT2D eigenvalue weighted by Crippen LogP contribution is -2.35. The average Bonchev–Trinajstić information content (AvgIpc) is 2.82. The molecule has 1 fully saturated rings. The van der Waals surface area contributed by atoms with Gasteiger partial charge >= 0.3 is 0 Å². The van der Waals surface area contributed by atoms with Crippen molar-refractivity contribution in [2.24, 2.45) is 5.92 Å². The van der Waals surface area contributed by atoms with Gasteiger partial charge < -0.3 is 9.84 Å². The van der Waals surface area contributed by atoms with E-state index in [1.54, 1.807) is 0 Å². The third kappa shape index (κ3) is 3.30. The van der Waals surface area contributed by atoms with Gasteiger partial charge in [-0.3, -0.25) is 0 Å². The minimum absolute atomic E-state index is 0.696. The van der Waals surface area contributed by atoms with Crippen molar-refractivity contribution in [1.29, 1.82) is 0 Å². The number of nitrogens with one attached hydrogen (secondary N) is 1. The van der Waals surface area contributed by atoms with E-state index < -0.39 is 0 Å². The highest BCUT2D eigenvalue weighted by atomic mass is 16.5. The summed E-state index contributed by atoms with van der Waals surface area (Å²) >= 11 is 0. The van der Waals surface area contributed by atoms with E-state index in [4.69, 9.17) is 4.52 Å². The molecule has 4 heteroatoms.